The number of ether oxygens (including phenoxy) is 2. The lowest BCUT2D eigenvalue weighted by molar-refractivity contribution is 0.0479. The summed E-state index contributed by atoms with van der Waals surface area (Å²) >= 11 is 0. The topological polar surface area (TPSA) is 79.2 Å². The van der Waals surface area contributed by atoms with E-state index in [9.17, 15) is 15.0 Å². The number of hydrogen-bond acceptors (Lipinski definition) is 5. The van der Waals surface area contributed by atoms with Gasteiger partial charge in [-0.1, -0.05) is 0 Å². The summed E-state index contributed by atoms with van der Waals surface area (Å²) in [6.45, 7) is 3.04. The molecule has 1 aromatic carbocycles. The van der Waals surface area contributed by atoms with Gasteiger partial charge in [-0.2, -0.15) is 0 Å². The molecule has 20 heavy (non-hydrogen) atoms. The molecule has 1 aromatic rings. The normalized spacial score (nSPS) is 12.2. The Hall–Kier alpha value is -1.79. The van der Waals surface area contributed by atoms with Gasteiger partial charge < -0.3 is 24.6 Å². The summed E-state index contributed by atoms with van der Waals surface area (Å²) in [5.41, 5.74) is 0.224. The van der Waals surface area contributed by atoms with Crippen LogP contribution in [0.3, 0.4) is 0 Å². The molecule has 1 amide bonds. The summed E-state index contributed by atoms with van der Waals surface area (Å²) in [5, 5.41) is 18.9. The second-order valence-electron chi connectivity index (χ2n) is 4.53. The highest BCUT2D eigenvalue weighted by Gasteiger charge is 2.22. The van der Waals surface area contributed by atoms with Crippen LogP contribution in [-0.4, -0.2) is 61.0 Å². The van der Waals surface area contributed by atoms with Gasteiger partial charge >= 0.3 is 0 Å². The van der Waals surface area contributed by atoms with Gasteiger partial charge in [0, 0.05) is 32.4 Å². The Morgan fingerprint density at radius 1 is 1.20 bits per heavy atom. The number of carbonyl (C=O) groups excluding carboxylic acids is 1. The molecule has 0 spiro atoms. The third kappa shape index (κ3) is 4.40. The van der Waals surface area contributed by atoms with E-state index < -0.39 is 0 Å². The lowest BCUT2D eigenvalue weighted by Crippen LogP contribution is -2.43. The van der Waals surface area contributed by atoms with Crippen LogP contribution >= 0.6 is 0 Å². The summed E-state index contributed by atoms with van der Waals surface area (Å²) in [7, 11) is 3.12. The van der Waals surface area contributed by atoms with Crippen molar-refractivity contribution in [3.63, 3.8) is 0 Å². The van der Waals surface area contributed by atoms with Crippen molar-refractivity contribution in [3.05, 3.63) is 23.8 Å². The third-order valence-electron chi connectivity index (χ3n) is 2.89. The zero-order valence-corrected chi connectivity index (χ0v) is 12.0. The molecule has 6 nitrogen and oxygen atoms in total. The minimum atomic E-state index is -0.294. The molecule has 0 aliphatic rings. The van der Waals surface area contributed by atoms with Crippen molar-refractivity contribution >= 4 is 5.91 Å². The van der Waals surface area contributed by atoms with Crippen molar-refractivity contribution in [2.75, 3.05) is 34.0 Å². The molecule has 0 radical (unpaired) electrons. The molecule has 0 saturated carbocycles. The maximum atomic E-state index is 12.5. The van der Waals surface area contributed by atoms with Crippen LogP contribution in [-0.2, 0) is 9.47 Å². The van der Waals surface area contributed by atoms with Crippen LogP contribution in [0.4, 0.5) is 0 Å². The fourth-order valence-electron chi connectivity index (χ4n) is 1.93. The van der Waals surface area contributed by atoms with E-state index in [0.29, 0.717) is 19.8 Å². The number of phenolic OH excluding ortho intramolecular Hbond substituents is 2. The third-order valence-corrected chi connectivity index (χ3v) is 2.89. The number of methoxy groups -OCH3 is 2. The zero-order chi connectivity index (χ0) is 15.1. The van der Waals surface area contributed by atoms with Gasteiger partial charge in [-0.25, -0.2) is 0 Å². The van der Waals surface area contributed by atoms with E-state index in [4.69, 9.17) is 9.47 Å². The molecule has 0 aromatic heterocycles. The zero-order valence-electron chi connectivity index (χ0n) is 12.0. The molecule has 0 aliphatic heterocycles. The highest BCUT2D eigenvalue weighted by Crippen LogP contribution is 2.22. The van der Waals surface area contributed by atoms with Crippen LogP contribution in [0.25, 0.3) is 0 Å². The monoisotopic (exact) mass is 283 g/mol. The molecule has 1 rings (SSSR count). The minimum absolute atomic E-state index is 0.146. The summed E-state index contributed by atoms with van der Waals surface area (Å²) < 4.78 is 10.1. The average Bonchev–Trinajstić information content (AvgIpc) is 2.38. The molecule has 1 atom stereocenters. The quantitative estimate of drug-likeness (QED) is 0.786. The fraction of sp³-hybridized carbons (Fsp3) is 0.500. The van der Waals surface area contributed by atoms with E-state index in [1.165, 1.54) is 18.2 Å². The fourth-order valence-corrected chi connectivity index (χ4v) is 1.93. The van der Waals surface area contributed by atoms with Gasteiger partial charge in [0.25, 0.3) is 5.91 Å². The summed E-state index contributed by atoms with van der Waals surface area (Å²) in [6, 6.07) is 3.67. The SMILES string of the molecule is COCCN(C(=O)c1cc(O)cc(O)c1)C(C)COC. The van der Waals surface area contributed by atoms with Crippen molar-refractivity contribution in [2.24, 2.45) is 0 Å². The molecule has 6 heteroatoms. The number of carbonyl (C=O) groups is 1. The number of phenols is 2. The first-order valence-electron chi connectivity index (χ1n) is 6.31. The smallest absolute Gasteiger partial charge is 0.254 e. The molecule has 1 unspecified atom stereocenters. The first-order chi connectivity index (χ1) is 9.49. The molecule has 0 fully saturated rings. The van der Waals surface area contributed by atoms with Crippen LogP contribution in [0.5, 0.6) is 11.5 Å². The first kappa shape index (κ1) is 16.3. The van der Waals surface area contributed by atoms with Crippen LogP contribution in [0, 0.1) is 0 Å². The molecule has 0 heterocycles. The molecule has 0 aliphatic carbocycles. The van der Waals surface area contributed by atoms with E-state index in [2.05, 4.69) is 0 Å². The van der Waals surface area contributed by atoms with E-state index in [-0.39, 0.29) is 29.0 Å². The predicted octanol–water partition coefficient (Wildman–Crippen LogP) is 1.22. The van der Waals surface area contributed by atoms with Gasteiger partial charge in [-0.15, -0.1) is 0 Å². The summed E-state index contributed by atoms with van der Waals surface area (Å²) in [6.07, 6.45) is 0. The number of hydrogen-bond donors (Lipinski definition) is 2. The second-order valence-corrected chi connectivity index (χ2v) is 4.53. The predicted molar refractivity (Wildman–Crippen MR) is 74.0 cm³/mol. The Morgan fingerprint density at radius 2 is 1.80 bits per heavy atom. The minimum Gasteiger partial charge on any atom is -0.508 e. The van der Waals surface area contributed by atoms with Crippen molar-refractivity contribution in [2.45, 2.75) is 13.0 Å². The standard InChI is InChI=1S/C14H21NO5/c1-10(9-20-3)15(4-5-19-2)14(18)11-6-12(16)8-13(17)7-11/h6-8,10,16-17H,4-5,9H2,1-3H3. The Morgan fingerprint density at radius 3 is 2.30 bits per heavy atom. The number of amides is 1. The van der Waals surface area contributed by atoms with Crippen LogP contribution in [0.15, 0.2) is 18.2 Å². The number of aromatic hydroxyl groups is 2. The first-order valence-corrected chi connectivity index (χ1v) is 6.31. The number of nitrogens with zero attached hydrogens (tertiary/aromatic N) is 1. The molecule has 112 valence electrons. The van der Waals surface area contributed by atoms with Gasteiger partial charge in [0.05, 0.1) is 19.3 Å². The second kappa shape index (κ2) is 7.72. The average molecular weight is 283 g/mol. The Kier molecular flexibility index (Phi) is 6.27. The lowest BCUT2D eigenvalue weighted by atomic mass is 10.1. The van der Waals surface area contributed by atoms with Gasteiger partial charge in [-0.3, -0.25) is 4.79 Å². The van der Waals surface area contributed by atoms with E-state index in [1.807, 2.05) is 6.92 Å². The summed E-state index contributed by atoms with van der Waals surface area (Å²) in [5.74, 6) is -0.600. The van der Waals surface area contributed by atoms with Gasteiger partial charge in [0.1, 0.15) is 11.5 Å². The van der Waals surface area contributed by atoms with Crippen LogP contribution in [0.2, 0.25) is 0 Å². The van der Waals surface area contributed by atoms with Gasteiger partial charge in [0.15, 0.2) is 0 Å². The number of benzene rings is 1. The van der Waals surface area contributed by atoms with Crippen molar-refractivity contribution in [3.8, 4) is 11.5 Å². The highest BCUT2D eigenvalue weighted by atomic mass is 16.5. The lowest BCUT2D eigenvalue weighted by Gasteiger charge is -2.28. The molecule has 2 N–H and O–H groups in total. The van der Waals surface area contributed by atoms with Crippen molar-refractivity contribution in [1.82, 2.24) is 4.90 Å². The van der Waals surface area contributed by atoms with Crippen molar-refractivity contribution in [1.29, 1.82) is 0 Å². The number of rotatable bonds is 7. The maximum Gasteiger partial charge on any atom is 0.254 e. The van der Waals surface area contributed by atoms with Crippen LogP contribution < -0.4 is 0 Å². The van der Waals surface area contributed by atoms with E-state index >= 15 is 0 Å². The van der Waals surface area contributed by atoms with Gasteiger partial charge in [-0.05, 0) is 19.1 Å². The molecular formula is C14H21NO5. The van der Waals surface area contributed by atoms with Crippen LogP contribution in [0.1, 0.15) is 17.3 Å². The van der Waals surface area contributed by atoms with E-state index in [0.717, 1.165) is 0 Å². The van der Waals surface area contributed by atoms with E-state index in [1.54, 1.807) is 19.1 Å². The maximum absolute atomic E-state index is 12.5. The Labute approximate surface area is 118 Å². The van der Waals surface area contributed by atoms with Crippen molar-refractivity contribution < 1.29 is 24.5 Å². The Bertz CT molecular complexity index is 429. The molecule has 0 saturated heterocycles. The van der Waals surface area contributed by atoms with Gasteiger partial charge in [0.2, 0.25) is 0 Å². The summed E-state index contributed by atoms with van der Waals surface area (Å²) in [4.78, 5) is 14.0. The molecule has 0 bridgehead atoms. The highest BCUT2D eigenvalue weighted by molar-refractivity contribution is 5.95. The molecular weight excluding hydrogens is 262 g/mol. The largest absolute Gasteiger partial charge is 0.508 e. The Balaban J connectivity index is 2.96.